The average Bonchev–Trinajstić information content (AvgIpc) is 2.43. The van der Waals surface area contributed by atoms with E-state index >= 15 is 0 Å². The highest BCUT2D eigenvalue weighted by molar-refractivity contribution is 4.47. The summed E-state index contributed by atoms with van der Waals surface area (Å²) in [4.78, 5) is 0. The van der Waals surface area contributed by atoms with Gasteiger partial charge in [0.1, 0.15) is 0 Å². The first-order chi connectivity index (χ1) is 8.68. The van der Waals surface area contributed by atoms with E-state index in [0.717, 1.165) is 5.92 Å². The maximum atomic E-state index is 4.31. The first-order valence-electron chi connectivity index (χ1n) is 7.82. The monoisotopic (exact) mass is 260 g/mol. The zero-order valence-corrected chi connectivity index (χ0v) is 14.5. The minimum Gasteiger partial charge on any atom is -0.505 e. The van der Waals surface area contributed by atoms with Crippen molar-refractivity contribution in [3.63, 3.8) is 0 Å². The predicted octanol–water partition coefficient (Wildman–Crippen LogP) is 6.83. The molecule has 1 nitrogen and oxygen atoms in total. The standard InChI is InChI=1S/C10H22.C3H6O.2C2H6/c1-4-5-6-7-8-9-10(2)3;1-3-4-2;2*1-2/h10H,4-9H2,1-3H3;3H,1H2,2H3;2*1-2H3. The van der Waals surface area contributed by atoms with Gasteiger partial charge in [0.2, 0.25) is 0 Å². The Morgan fingerprint density at radius 1 is 0.944 bits per heavy atom. The van der Waals surface area contributed by atoms with Crippen LogP contribution in [0.2, 0.25) is 0 Å². The van der Waals surface area contributed by atoms with Crippen LogP contribution in [0.1, 0.15) is 87.0 Å². The Morgan fingerprint density at radius 3 is 1.61 bits per heavy atom. The lowest BCUT2D eigenvalue weighted by Gasteiger charge is -2.02. The zero-order chi connectivity index (χ0) is 15.2. The molecule has 114 valence electrons. The highest BCUT2D eigenvalue weighted by atomic mass is 16.5. The van der Waals surface area contributed by atoms with Crippen LogP contribution in [0.15, 0.2) is 12.8 Å². The summed E-state index contributed by atoms with van der Waals surface area (Å²) in [6.07, 6.45) is 9.93. The molecule has 0 amide bonds. The number of hydrogen-bond acceptors (Lipinski definition) is 1. The molecule has 0 fully saturated rings. The van der Waals surface area contributed by atoms with E-state index in [1.165, 1.54) is 44.8 Å². The first-order valence-corrected chi connectivity index (χ1v) is 7.82. The maximum absolute atomic E-state index is 4.31. The van der Waals surface area contributed by atoms with Crippen LogP contribution in [0, 0.1) is 5.92 Å². The van der Waals surface area contributed by atoms with Gasteiger partial charge in [0.15, 0.2) is 0 Å². The van der Waals surface area contributed by atoms with Crippen LogP contribution in [-0.4, -0.2) is 7.11 Å². The van der Waals surface area contributed by atoms with E-state index in [2.05, 4.69) is 32.1 Å². The van der Waals surface area contributed by atoms with Crippen LogP contribution >= 0.6 is 0 Å². The van der Waals surface area contributed by atoms with Gasteiger partial charge in [-0.25, -0.2) is 0 Å². The highest BCUT2D eigenvalue weighted by Crippen LogP contribution is 2.09. The maximum Gasteiger partial charge on any atom is 0.0766 e. The molecule has 0 rings (SSSR count). The van der Waals surface area contributed by atoms with Gasteiger partial charge in [0.25, 0.3) is 0 Å². The van der Waals surface area contributed by atoms with Crippen molar-refractivity contribution in [3.05, 3.63) is 12.8 Å². The van der Waals surface area contributed by atoms with Gasteiger partial charge in [0, 0.05) is 0 Å². The van der Waals surface area contributed by atoms with Gasteiger partial charge in [0.05, 0.1) is 13.4 Å². The molecule has 0 aromatic heterocycles. The second-order valence-electron chi connectivity index (χ2n) is 4.00. The Kier molecular flexibility index (Phi) is 52.3. The number of ether oxygens (including phenoxy) is 1. The zero-order valence-electron chi connectivity index (χ0n) is 14.5. The third-order valence-electron chi connectivity index (χ3n) is 2.05. The van der Waals surface area contributed by atoms with Crippen molar-refractivity contribution in [1.82, 2.24) is 0 Å². The fraction of sp³-hybridized carbons (Fsp3) is 0.882. The Balaban J connectivity index is -0.000000102. The van der Waals surface area contributed by atoms with Crippen molar-refractivity contribution in [2.24, 2.45) is 5.92 Å². The molecule has 0 unspecified atom stereocenters. The molecule has 0 aliphatic rings. The lowest BCUT2D eigenvalue weighted by atomic mass is 10.0. The minimum absolute atomic E-state index is 0.904. The van der Waals surface area contributed by atoms with E-state index in [-0.39, 0.29) is 0 Å². The van der Waals surface area contributed by atoms with E-state index in [1.807, 2.05) is 27.7 Å². The number of unbranched alkanes of at least 4 members (excludes halogenated alkanes) is 4. The first kappa shape index (κ1) is 26.2. The molecule has 0 heterocycles. The smallest absolute Gasteiger partial charge is 0.0766 e. The molecule has 0 atom stereocenters. The molecule has 1 heteroatoms. The van der Waals surface area contributed by atoms with Gasteiger partial charge >= 0.3 is 0 Å². The van der Waals surface area contributed by atoms with Gasteiger partial charge in [-0.15, -0.1) is 0 Å². The SMILES string of the molecule is C=COC.CC.CC.CCCCCCCC(C)C. The molecule has 0 aliphatic carbocycles. The molecule has 0 aliphatic heterocycles. The van der Waals surface area contributed by atoms with E-state index < -0.39 is 0 Å². The van der Waals surface area contributed by atoms with E-state index in [9.17, 15) is 0 Å². The molecule has 0 aromatic carbocycles. The van der Waals surface area contributed by atoms with Crippen molar-refractivity contribution >= 4 is 0 Å². The fourth-order valence-corrected chi connectivity index (χ4v) is 1.16. The number of hydrogen-bond donors (Lipinski definition) is 0. The summed E-state index contributed by atoms with van der Waals surface area (Å²) in [5, 5.41) is 0. The summed E-state index contributed by atoms with van der Waals surface area (Å²) in [6.45, 7) is 18.1. The van der Waals surface area contributed by atoms with Crippen LogP contribution < -0.4 is 0 Å². The Morgan fingerprint density at radius 2 is 1.33 bits per heavy atom. The molecule has 0 radical (unpaired) electrons. The summed E-state index contributed by atoms with van der Waals surface area (Å²) in [5.41, 5.74) is 0. The summed E-state index contributed by atoms with van der Waals surface area (Å²) in [5.74, 6) is 0.904. The van der Waals surface area contributed by atoms with E-state index in [4.69, 9.17) is 0 Å². The topological polar surface area (TPSA) is 9.23 Å². The second kappa shape index (κ2) is 36.0. The summed E-state index contributed by atoms with van der Waals surface area (Å²) in [7, 11) is 1.56. The van der Waals surface area contributed by atoms with E-state index in [1.54, 1.807) is 7.11 Å². The Hall–Kier alpha value is -0.460. The van der Waals surface area contributed by atoms with Crippen LogP contribution in [0.5, 0.6) is 0 Å². The minimum atomic E-state index is 0.904. The summed E-state index contributed by atoms with van der Waals surface area (Å²) >= 11 is 0. The lowest BCUT2D eigenvalue weighted by Crippen LogP contribution is -1.86. The van der Waals surface area contributed by atoms with Gasteiger partial charge in [-0.1, -0.05) is 93.6 Å². The van der Waals surface area contributed by atoms with Gasteiger partial charge in [-0.3, -0.25) is 0 Å². The van der Waals surface area contributed by atoms with Crippen LogP contribution in [-0.2, 0) is 4.74 Å². The van der Waals surface area contributed by atoms with Crippen LogP contribution in [0.25, 0.3) is 0 Å². The molecule has 0 spiro atoms. The van der Waals surface area contributed by atoms with Crippen molar-refractivity contribution in [2.45, 2.75) is 87.0 Å². The third-order valence-corrected chi connectivity index (χ3v) is 2.05. The van der Waals surface area contributed by atoms with Crippen molar-refractivity contribution in [1.29, 1.82) is 0 Å². The largest absolute Gasteiger partial charge is 0.505 e. The molecular formula is C17H40O. The second-order valence-corrected chi connectivity index (χ2v) is 4.00. The van der Waals surface area contributed by atoms with Crippen molar-refractivity contribution < 1.29 is 4.74 Å². The quantitative estimate of drug-likeness (QED) is 0.360. The average molecular weight is 261 g/mol. The Bertz CT molecular complexity index is 97.8. The molecular weight excluding hydrogens is 220 g/mol. The molecule has 0 saturated carbocycles. The summed E-state index contributed by atoms with van der Waals surface area (Å²) < 4.78 is 4.31. The molecule has 0 saturated heterocycles. The van der Waals surface area contributed by atoms with E-state index in [0.29, 0.717) is 0 Å². The fourth-order valence-electron chi connectivity index (χ4n) is 1.16. The molecule has 0 N–H and O–H groups in total. The lowest BCUT2D eigenvalue weighted by molar-refractivity contribution is 0.339. The molecule has 18 heavy (non-hydrogen) atoms. The van der Waals surface area contributed by atoms with Gasteiger partial charge in [-0.05, 0) is 5.92 Å². The number of methoxy groups -OCH3 is 1. The predicted molar refractivity (Wildman–Crippen MR) is 88.1 cm³/mol. The van der Waals surface area contributed by atoms with Gasteiger partial charge in [-0.2, -0.15) is 0 Å². The van der Waals surface area contributed by atoms with Crippen molar-refractivity contribution in [2.75, 3.05) is 7.11 Å². The molecule has 0 aromatic rings. The summed E-state index contributed by atoms with van der Waals surface area (Å²) in [6, 6.07) is 0. The normalized spacial score (nSPS) is 7.83. The third kappa shape index (κ3) is 57.8. The van der Waals surface area contributed by atoms with Crippen LogP contribution in [0.4, 0.5) is 0 Å². The van der Waals surface area contributed by atoms with Crippen LogP contribution in [0.3, 0.4) is 0 Å². The van der Waals surface area contributed by atoms with Gasteiger partial charge < -0.3 is 4.74 Å². The highest BCUT2D eigenvalue weighted by Gasteiger charge is 1.92. The van der Waals surface area contributed by atoms with Crippen molar-refractivity contribution in [3.8, 4) is 0 Å². The molecule has 0 bridgehead atoms. The number of rotatable bonds is 7. The Labute approximate surface area is 118 Å².